The molecule has 5 heteroatoms. The van der Waals surface area contributed by atoms with Crippen LogP contribution in [0.1, 0.15) is 59.2 Å². The quantitative estimate of drug-likeness (QED) is 0.595. The van der Waals surface area contributed by atoms with Crippen LogP contribution in [0.4, 0.5) is 5.69 Å². The number of piperidine rings is 1. The zero-order valence-electron chi connectivity index (χ0n) is 17.9. The number of amides is 1. The van der Waals surface area contributed by atoms with E-state index in [1.807, 2.05) is 17.0 Å². The number of hydrogen-bond acceptors (Lipinski definition) is 3. The summed E-state index contributed by atoms with van der Waals surface area (Å²) in [5.74, 6) is 1.12. The van der Waals surface area contributed by atoms with E-state index < -0.39 is 0 Å². The Balaban J connectivity index is 1.13. The molecule has 162 valence electrons. The van der Waals surface area contributed by atoms with E-state index in [-0.39, 0.29) is 11.7 Å². The van der Waals surface area contributed by atoms with Gasteiger partial charge in [0.2, 0.25) is 5.91 Å². The third-order valence-electron chi connectivity index (χ3n) is 7.18. The minimum absolute atomic E-state index is 0.229. The number of nitrogens with zero attached hydrogens (tertiary/aromatic N) is 2. The van der Waals surface area contributed by atoms with Gasteiger partial charge in [-0.25, -0.2) is 0 Å². The number of halogens is 1. The number of aryl methyl sites for hydroxylation is 1. The Hall–Kier alpha value is -2.17. The van der Waals surface area contributed by atoms with Crippen LogP contribution >= 0.6 is 11.6 Å². The Morgan fingerprint density at radius 1 is 0.968 bits per heavy atom. The molecule has 3 aliphatic heterocycles. The highest BCUT2D eigenvalue weighted by atomic mass is 35.5. The SMILES string of the molecule is O=C(CCC1CCN(Cc2ccc(Cl)cc2)CC1)c1cc2c3c(c1)CCN3C(=O)CC2. The van der Waals surface area contributed by atoms with Gasteiger partial charge in [-0.3, -0.25) is 14.5 Å². The molecule has 0 N–H and O–H groups in total. The molecule has 1 saturated heterocycles. The average Bonchev–Trinajstić information content (AvgIpc) is 3.22. The zero-order valence-corrected chi connectivity index (χ0v) is 18.7. The number of Topliss-reactive ketones (excluding diaryl/α,β-unsaturated/α-hetero) is 1. The first-order valence-corrected chi connectivity index (χ1v) is 11.9. The molecule has 0 spiro atoms. The van der Waals surface area contributed by atoms with Gasteiger partial charge in [0, 0.05) is 36.5 Å². The van der Waals surface area contributed by atoms with Gasteiger partial charge in [0.1, 0.15) is 0 Å². The van der Waals surface area contributed by atoms with E-state index in [4.69, 9.17) is 11.6 Å². The fourth-order valence-electron chi connectivity index (χ4n) is 5.38. The predicted octanol–water partition coefficient (Wildman–Crippen LogP) is 5.05. The fourth-order valence-corrected chi connectivity index (χ4v) is 5.51. The number of ketones is 1. The van der Waals surface area contributed by atoms with Crippen LogP contribution < -0.4 is 4.90 Å². The summed E-state index contributed by atoms with van der Waals surface area (Å²) in [6.45, 7) is 3.93. The van der Waals surface area contributed by atoms with Crippen molar-refractivity contribution >= 4 is 29.0 Å². The molecule has 5 rings (SSSR count). The summed E-state index contributed by atoms with van der Waals surface area (Å²) in [4.78, 5) is 29.5. The maximum atomic E-state index is 13.0. The number of carbonyl (C=O) groups is 2. The molecule has 0 aromatic heterocycles. The molecule has 3 aliphatic rings. The first-order valence-electron chi connectivity index (χ1n) is 11.5. The molecule has 1 fully saturated rings. The summed E-state index contributed by atoms with van der Waals surface area (Å²) in [6.07, 6.45) is 6.14. The van der Waals surface area contributed by atoms with Crippen LogP contribution in [-0.4, -0.2) is 36.2 Å². The lowest BCUT2D eigenvalue weighted by atomic mass is 9.89. The lowest BCUT2D eigenvalue weighted by molar-refractivity contribution is -0.118. The van der Waals surface area contributed by atoms with Crippen LogP contribution in [0.3, 0.4) is 0 Å². The summed E-state index contributed by atoms with van der Waals surface area (Å²) in [7, 11) is 0. The Morgan fingerprint density at radius 2 is 1.68 bits per heavy atom. The van der Waals surface area contributed by atoms with Crippen molar-refractivity contribution in [3.8, 4) is 0 Å². The Bertz CT molecular complexity index is 993. The molecule has 3 heterocycles. The van der Waals surface area contributed by atoms with E-state index in [0.29, 0.717) is 18.8 Å². The van der Waals surface area contributed by atoms with Crippen molar-refractivity contribution in [1.82, 2.24) is 4.90 Å². The molecule has 2 aromatic rings. The number of rotatable bonds is 6. The van der Waals surface area contributed by atoms with Gasteiger partial charge < -0.3 is 4.90 Å². The predicted molar refractivity (Wildman–Crippen MR) is 124 cm³/mol. The third-order valence-corrected chi connectivity index (χ3v) is 7.43. The maximum Gasteiger partial charge on any atom is 0.227 e. The van der Waals surface area contributed by atoms with Crippen LogP contribution in [0, 0.1) is 5.92 Å². The largest absolute Gasteiger partial charge is 0.312 e. The maximum absolute atomic E-state index is 13.0. The van der Waals surface area contributed by atoms with Crippen molar-refractivity contribution in [2.45, 2.75) is 51.5 Å². The minimum Gasteiger partial charge on any atom is -0.312 e. The van der Waals surface area contributed by atoms with Gasteiger partial charge in [0.15, 0.2) is 5.78 Å². The molecule has 0 radical (unpaired) electrons. The van der Waals surface area contributed by atoms with E-state index >= 15 is 0 Å². The first-order chi connectivity index (χ1) is 15.1. The Kier molecular flexibility index (Phi) is 5.85. The number of hydrogen-bond donors (Lipinski definition) is 0. The third kappa shape index (κ3) is 4.42. The average molecular weight is 437 g/mol. The standard InChI is InChI=1S/C26H29ClN2O2/c27-23-5-1-19(2-6-23)17-28-12-9-18(10-13-28)3-7-24(30)22-15-20-4-8-25(31)29-14-11-21(16-22)26(20)29/h1-2,5-6,15-16,18H,3-4,7-14,17H2. The number of likely N-dealkylation sites (tertiary alicyclic amines) is 1. The van der Waals surface area contributed by atoms with E-state index in [9.17, 15) is 9.59 Å². The molecule has 2 aromatic carbocycles. The summed E-state index contributed by atoms with van der Waals surface area (Å²) < 4.78 is 0. The van der Waals surface area contributed by atoms with Gasteiger partial charge in [-0.1, -0.05) is 23.7 Å². The highest BCUT2D eigenvalue weighted by molar-refractivity contribution is 6.30. The molecule has 0 bridgehead atoms. The monoisotopic (exact) mass is 436 g/mol. The van der Waals surface area contributed by atoms with E-state index in [1.165, 1.54) is 16.7 Å². The van der Waals surface area contributed by atoms with E-state index in [2.05, 4.69) is 29.2 Å². The molecule has 0 saturated carbocycles. The van der Waals surface area contributed by atoms with Gasteiger partial charge >= 0.3 is 0 Å². The molecular formula is C26H29ClN2O2. The smallest absolute Gasteiger partial charge is 0.227 e. The van der Waals surface area contributed by atoms with Gasteiger partial charge in [0.25, 0.3) is 0 Å². The minimum atomic E-state index is 0.229. The van der Waals surface area contributed by atoms with Gasteiger partial charge in [-0.2, -0.15) is 0 Å². The lowest BCUT2D eigenvalue weighted by Crippen LogP contribution is -2.33. The lowest BCUT2D eigenvalue weighted by Gasteiger charge is -2.32. The van der Waals surface area contributed by atoms with Crippen LogP contribution in [0.5, 0.6) is 0 Å². The van der Waals surface area contributed by atoms with E-state index in [1.54, 1.807) is 0 Å². The molecular weight excluding hydrogens is 408 g/mol. The Labute approximate surface area is 189 Å². The molecule has 0 atom stereocenters. The van der Waals surface area contributed by atoms with Crippen molar-refractivity contribution in [2.24, 2.45) is 5.92 Å². The summed E-state index contributed by atoms with van der Waals surface area (Å²) in [5, 5.41) is 0.783. The molecule has 31 heavy (non-hydrogen) atoms. The Morgan fingerprint density at radius 3 is 2.42 bits per heavy atom. The normalized spacial score (nSPS) is 19.0. The zero-order chi connectivity index (χ0) is 21.4. The molecule has 0 unspecified atom stereocenters. The number of carbonyl (C=O) groups excluding carboxylic acids is 2. The number of benzene rings is 2. The van der Waals surface area contributed by atoms with Crippen molar-refractivity contribution < 1.29 is 9.59 Å². The van der Waals surface area contributed by atoms with Crippen molar-refractivity contribution in [2.75, 3.05) is 24.5 Å². The van der Waals surface area contributed by atoms with Gasteiger partial charge in [0.05, 0.1) is 5.69 Å². The molecule has 4 nitrogen and oxygen atoms in total. The van der Waals surface area contributed by atoms with Gasteiger partial charge in [-0.05, 0) is 92.1 Å². The van der Waals surface area contributed by atoms with Crippen molar-refractivity contribution in [3.05, 3.63) is 63.7 Å². The van der Waals surface area contributed by atoms with Crippen LogP contribution in [0.25, 0.3) is 0 Å². The summed E-state index contributed by atoms with van der Waals surface area (Å²) >= 11 is 5.98. The van der Waals surface area contributed by atoms with Crippen molar-refractivity contribution in [1.29, 1.82) is 0 Å². The topological polar surface area (TPSA) is 40.6 Å². The molecule has 1 amide bonds. The summed E-state index contributed by atoms with van der Waals surface area (Å²) in [5.41, 5.74) is 5.63. The molecule has 0 aliphatic carbocycles. The van der Waals surface area contributed by atoms with Crippen molar-refractivity contribution in [3.63, 3.8) is 0 Å². The van der Waals surface area contributed by atoms with Gasteiger partial charge in [-0.15, -0.1) is 0 Å². The first kappa shape index (κ1) is 20.7. The van der Waals surface area contributed by atoms with Crippen LogP contribution in [0.2, 0.25) is 5.02 Å². The van der Waals surface area contributed by atoms with E-state index in [0.717, 1.165) is 74.6 Å². The second-order valence-corrected chi connectivity index (χ2v) is 9.68. The van der Waals surface area contributed by atoms with Crippen LogP contribution in [0.15, 0.2) is 36.4 Å². The number of anilines is 1. The highest BCUT2D eigenvalue weighted by Gasteiger charge is 2.32. The highest BCUT2D eigenvalue weighted by Crippen LogP contribution is 2.38. The second kappa shape index (κ2) is 8.76. The van der Waals surface area contributed by atoms with Crippen LogP contribution in [-0.2, 0) is 24.2 Å². The summed E-state index contributed by atoms with van der Waals surface area (Å²) in [6, 6.07) is 12.2. The second-order valence-electron chi connectivity index (χ2n) is 9.25. The fraction of sp³-hybridized carbons (Fsp3) is 0.462.